The number of halogens is 2. The largest absolute Gasteiger partial charge is 0.465 e. The van der Waals surface area contributed by atoms with Crippen molar-refractivity contribution in [3.05, 3.63) is 92.5 Å². The Labute approximate surface area is 237 Å². The van der Waals surface area contributed by atoms with Gasteiger partial charge < -0.3 is 14.5 Å². The molecule has 1 saturated carbocycles. The number of anilines is 1. The van der Waals surface area contributed by atoms with Gasteiger partial charge >= 0.3 is 11.7 Å². The number of methoxy groups -OCH3 is 1. The molecular formula is C28H23F2N3O8S. The Morgan fingerprint density at radius 3 is 2.40 bits per heavy atom. The molecule has 11 nitrogen and oxygen atoms in total. The number of nitro groups is 1. The molecule has 1 heterocycles. The first-order valence-electron chi connectivity index (χ1n) is 12.6. The average molecular weight is 600 g/mol. The third-order valence-electron chi connectivity index (χ3n) is 6.80. The predicted octanol–water partition coefficient (Wildman–Crippen LogP) is 5.25. The summed E-state index contributed by atoms with van der Waals surface area (Å²) in [7, 11) is -1.86. The van der Waals surface area contributed by atoms with E-state index >= 15 is 0 Å². The number of furan rings is 1. The Morgan fingerprint density at radius 1 is 1.12 bits per heavy atom. The number of hydrogen-bond donors (Lipinski definition) is 2. The zero-order valence-corrected chi connectivity index (χ0v) is 23.0. The molecule has 1 fully saturated rings. The van der Waals surface area contributed by atoms with Crippen molar-refractivity contribution in [3.63, 3.8) is 0 Å². The minimum absolute atomic E-state index is 0.0315. The highest BCUT2D eigenvalue weighted by molar-refractivity contribution is 7.91. The molecule has 0 unspecified atom stereocenters. The Hall–Kier alpha value is -4.85. The number of esters is 1. The van der Waals surface area contributed by atoms with Crippen molar-refractivity contribution in [2.24, 2.45) is 0 Å². The average Bonchev–Trinajstić information content (AvgIpc) is 3.71. The Balaban J connectivity index is 1.57. The summed E-state index contributed by atoms with van der Waals surface area (Å²) in [6.45, 7) is 0. The fourth-order valence-electron chi connectivity index (χ4n) is 4.79. The van der Waals surface area contributed by atoms with Crippen LogP contribution in [0.3, 0.4) is 0 Å². The number of nitrogens with one attached hydrogen (secondary N) is 2. The van der Waals surface area contributed by atoms with E-state index in [9.17, 15) is 36.9 Å². The summed E-state index contributed by atoms with van der Waals surface area (Å²) in [5, 5.41) is 14.3. The molecule has 1 aromatic heterocycles. The lowest BCUT2D eigenvalue weighted by Crippen LogP contribution is -2.18. The molecule has 0 aliphatic heterocycles. The van der Waals surface area contributed by atoms with E-state index in [-0.39, 0.29) is 22.8 Å². The zero-order valence-electron chi connectivity index (χ0n) is 22.2. The minimum Gasteiger partial charge on any atom is -0.465 e. The smallest absolute Gasteiger partial charge is 0.345 e. The van der Waals surface area contributed by atoms with Gasteiger partial charge in [0.1, 0.15) is 22.7 Å². The van der Waals surface area contributed by atoms with E-state index in [0.29, 0.717) is 28.1 Å². The summed E-state index contributed by atoms with van der Waals surface area (Å²) in [5.41, 5.74) is -0.408. The number of carbonyl (C=O) groups excluding carboxylic acids is 2. The maximum absolute atomic E-state index is 14.6. The molecule has 14 heteroatoms. The second kappa shape index (κ2) is 10.9. The molecule has 0 spiro atoms. The third-order valence-corrected chi connectivity index (χ3v) is 8.04. The van der Waals surface area contributed by atoms with Gasteiger partial charge in [0.25, 0.3) is 5.91 Å². The highest BCUT2D eigenvalue weighted by Gasteiger charge is 2.32. The predicted molar refractivity (Wildman–Crippen MR) is 148 cm³/mol. The quantitative estimate of drug-likeness (QED) is 0.150. The summed E-state index contributed by atoms with van der Waals surface area (Å²) in [5.74, 6) is -3.94. The van der Waals surface area contributed by atoms with E-state index in [4.69, 9.17) is 4.42 Å². The number of carbonyl (C=O) groups is 2. The molecule has 0 atom stereocenters. The lowest BCUT2D eigenvalue weighted by atomic mass is 9.98. The number of rotatable bonds is 9. The van der Waals surface area contributed by atoms with Gasteiger partial charge in [0.2, 0.25) is 15.8 Å². The fraction of sp³-hybridized carbons (Fsp3) is 0.214. The molecule has 218 valence electrons. The molecule has 5 rings (SSSR count). The first kappa shape index (κ1) is 28.7. The van der Waals surface area contributed by atoms with Gasteiger partial charge in [-0.05, 0) is 72.4 Å². The zero-order chi connectivity index (χ0) is 30.3. The van der Waals surface area contributed by atoms with Crippen LogP contribution < -0.4 is 10.0 Å². The molecule has 2 N–H and O–H groups in total. The van der Waals surface area contributed by atoms with Crippen LogP contribution in [-0.4, -0.2) is 39.4 Å². The maximum Gasteiger partial charge on any atom is 0.345 e. The number of benzene rings is 3. The van der Waals surface area contributed by atoms with Gasteiger partial charge in [-0.25, -0.2) is 17.6 Å². The highest BCUT2D eigenvalue weighted by atomic mass is 32.2. The molecule has 0 saturated heterocycles. The fourth-order valence-corrected chi connectivity index (χ4v) is 5.99. The normalized spacial score (nSPS) is 13.1. The number of nitro benzene ring substituents is 1. The van der Waals surface area contributed by atoms with Crippen LogP contribution >= 0.6 is 0 Å². The maximum atomic E-state index is 14.6. The van der Waals surface area contributed by atoms with Crippen LogP contribution in [-0.2, 0) is 20.5 Å². The third kappa shape index (κ3) is 5.52. The van der Waals surface area contributed by atoms with Crippen molar-refractivity contribution >= 4 is 44.2 Å². The van der Waals surface area contributed by atoms with Crippen LogP contribution in [0.2, 0.25) is 0 Å². The minimum atomic E-state index is -4.27. The summed E-state index contributed by atoms with van der Waals surface area (Å²) >= 11 is 0. The number of amides is 1. The second-order valence-electron chi connectivity index (χ2n) is 9.68. The molecule has 1 aliphatic rings. The first-order valence-corrected chi connectivity index (χ1v) is 14.2. The lowest BCUT2D eigenvalue weighted by Gasteiger charge is -2.13. The number of hydrogen-bond acceptors (Lipinski definition) is 8. The van der Waals surface area contributed by atoms with E-state index in [1.165, 1.54) is 37.4 Å². The van der Waals surface area contributed by atoms with E-state index in [2.05, 4.69) is 14.8 Å². The van der Waals surface area contributed by atoms with E-state index in [1.807, 2.05) is 0 Å². The Kier molecular flexibility index (Phi) is 7.41. The summed E-state index contributed by atoms with van der Waals surface area (Å²) in [4.78, 5) is 35.1. The van der Waals surface area contributed by atoms with Crippen LogP contribution in [0.5, 0.6) is 0 Å². The topological polar surface area (TPSA) is 158 Å². The van der Waals surface area contributed by atoms with Gasteiger partial charge in [-0.15, -0.1) is 0 Å². The molecule has 4 aromatic rings. The van der Waals surface area contributed by atoms with Crippen LogP contribution in [0, 0.1) is 21.7 Å². The second-order valence-corrected chi connectivity index (χ2v) is 11.4. The number of fused-ring (bicyclic) bond motifs is 1. The molecule has 0 bridgehead atoms. The van der Waals surface area contributed by atoms with Crippen molar-refractivity contribution in [2.75, 3.05) is 18.9 Å². The number of sulfonamides is 1. The van der Waals surface area contributed by atoms with E-state index in [1.54, 1.807) is 6.07 Å². The van der Waals surface area contributed by atoms with Crippen LogP contribution in [0.25, 0.3) is 22.3 Å². The molecule has 3 aromatic carbocycles. The van der Waals surface area contributed by atoms with Crippen LogP contribution in [0.1, 0.15) is 50.6 Å². The standard InChI is InChI=1S/C28H23F2N3O8S/c1-31-27(34)24-20-12-19(14-3-4-14)16(9-23(20)41-26(24)15-5-7-17(29)8-6-15)13-42(38,39)32-18-10-21(28(35)40-2)25(33(36)37)22(30)11-18/h5-12,14,32H,3-4,13H2,1-2H3,(H,31,34). The van der Waals surface area contributed by atoms with Gasteiger partial charge in [0, 0.05) is 24.1 Å². The summed E-state index contributed by atoms with van der Waals surface area (Å²) < 4.78 is 67.3. The Morgan fingerprint density at radius 2 is 1.81 bits per heavy atom. The van der Waals surface area contributed by atoms with Crippen molar-refractivity contribution in [2.45, 2.75) is 24.5 Å². The first-order chi connectivity index (χ1) is 19.9. The van der Waals surface area contributed by atoms with Gasteiger partial charge in [-0.1, -0.05) is 0 Å². The Bertz CT molecular complexity index is 1870. The van der Waals surface area contributed by atoms with Gasteiger partial charge in [-0.3, -0.25) is 19.6 Å². The molecule has 1 aliphatic carbocycles. The van der Waals surface area contributed by atoms with Crippen molar-refractivity contribution in [1.29, 1.82) is 0 Å². The van der Waals surface area contributed by atoms with Crippen molar-refractivity contribution in [1.82, 2.24) is 5.32 Å². The SMILES string of the molecule is CNC(=O)c1c(-c2ccc(F)cc2)oc2cc(CS(=O)(=O)Nc3cc(F)c([N+](=O)[O-])c(C(=O)OC)c3)c(C3CC3)cc12. The van der Waals surface area contributed by atoms with Gasteiger partial charge in [0.15, 0.2) is 0 Å². The van der Waals surface area contributed by atoms with Gasteiger partial charge in [-0.2, -0.15) is 4.39 Å². The van der Waals surface area contributed by atoms with Gasteiger partial charge in [0.05, 0.1) is 29.0 Å². The summed E-state index contributed by atoms with van der Waals surface area (Å²) in [6, 6.07) is 10.0. The molecule has 42 heavy (non-hydrogen) atoms. The number of nitrogens with zero attached hydrogens (tertiary/aromatic N) is 1. The lowest BCUT2D eigenvalue weighted by molar-refractivity contribution is -0.387. The van der Waals surface area contributed by atoms with Crippen molar-refractivity contribution in [3.8, 4) is 11.3 Å². The molecule has 0 radical (unpaired) electrons. The summed E-state index contributed by atoms with van der Waals surface area (Å²) in [6.07, 6.45) is 1.58. The molecular weight excluding hydrogens is 576 g/mol. The van der Waals surface area contributed by atoms with Crippen LogP contribution in [0.15, 0.2) is 52.9 Å². The monoisotopic (exact) mass is 599 g/mol. The van der Waals surface area contributed by atoms with Crippen molar-refractivity contribution < 1.29 is 40.9 Å². The van der Waals surface area contributed by atoms with E-state index in [0.717, 1.165) is 26.0 Å². The highest BCUT2D eigenvalue weighted by Crippen LogP contribution is 2.45. The van der Waals surface area contributed by atoms with E-state index < -0.39 is 61.1 Å². The molecule has 1 amide bonds. The number of ether oxygens (including phenoxy) is 1. The van der Waals surface area contributed by atoms with Crippen LogP contribution in [0.4, 0.5) is 20.2 Å².